The van der Waals surface area contributed by atoms with Gasteiger partial charge in [-0.15, -0.1) is 0 Å². The maximum absolute atomic E-state index is 12.4. The van der Waals surface area contributed by atoms with Crippen molar-refractivity contribution in [1.29, 1.82) is 0 Å². The summed E-state index contributed by atoms with van der Waals surface area (Å²) >= 11 is 0. The van der Waals surface area contributed by atoms with E-state index < -0.39 is 29.6 Å². The second-order valence-electron chi connectivity index (χ2n) is 6.24. The number of fused-ring (bicyclic) bond motifs is 2. The fourth-order valence-corrected chi connectivity index (χ4v) is 3.68. The molecule has 0 aliphatic heterocycles. The summed E-state index contributed by atoms with van der Waals surface area (Å²) in [5.41, 5.74) is 5.06. The fraction of sp³-hybridized carbons (Fsp3) is 0.389. The lowest BCUT2D eigenvalue weighted by atomic mass is 9.82. The van der Waals surface area contributed by atoms with Gasteiger partial charge >= 0.3 is 5.97 Å². The smallest absolute Gasteiger partial charge is 0.307 e. The first kappa shape index (κ1) is 17.0. The highest BCUT2D eigenvalue weighted by Crippen LogP contribution is 2.48. The molecule has 0 saturated heterocycles. The zero-order chi connectivity index (χ0) is 18.0. The van der Waals surface area contributed by atoms with Crippen LogP contribution in [0.4, 0.5) is 0 Å². The summed E-state index contributed by atoms with van der Waals surface area (Å²) < 4.78 is 5.34. The van der Waals surface area contributed by atoms with Gasteiger partial charge in [0.2, 0.25) is 5.91 Å². The third kappa shape index (κ3) is 3.35. The predicted octanol–water partition coefficient (Wildman–Crippen LogP) is 1.37. The molecule has 2 bridgehead atoms. The number of benzene rings is 1. The Morgan fingerprint density at radius 3 is 2.56 bits per heavy atom. The minimum absolute atomic E-state index is 0.0933. The van der Waals surface area contributed by atoms with Crippen LogP contribution in [0, 0.1) is 23.7 Å². The van der Waals surface area contributed by atoms with E-state index in [1.807, 2.05) is 19.1 Å². The fourth-order valence-electron chi connectivity index (χ4n) is 3.68. The molecular formula is C18H20N2O5. The van der Waals surface area contributed by atoms with Crippen LogP contribution in [-0.2, 0) is 9.59 Å². The van der Waals surface area contributed by atoms with E-state index in [0.717, 1.165) is 0 Å². The Kier molecular flexibility index (Phi) is 4.74. The first-order valence-corrected chi connectivity index (χ1v) is 8.25. The molecule has 1 saturated carbocycles. The maximum Gasteiger partial charge on any atom is 0.307 e. The zero-order valence-electron chi connectivity index (χ0n) is 13.8. The minimum Gasteiger partial charge on any atom is -0.494 e. The van der Waals surface area contributed by atoms with E-state index >= 15 is 0 Å². The van der Waals surface area contributed by atoms with E-state index in [4.69, 9.17) is 4.74 Å². The highest BCUT2D eigenvalue weighted by molar-refractivity contribution is 5.96. The highest BCUT2D eigenvalue weighted by Gasteiger charge is 2.51. The summed E-state index contributed by atoms with van der Waals surface area (Å²) in [7, 11) is 0. The number of hydrogen-bond acceptors (Lipinski definition) is 4. The van der Waals surface area contributed by atoms with Gasteiger partial charge in [-0.1, -0.05) is 18.2 Å². The van der Waals surface area contributed by atoms with Crippen molar-refractivity contribution in [3.63, 3.8) is 0 Å². The first-order valence-electron chi connectivity index (χ1n) is 8.25. The number of hydrazine groups is 1. The molecule has 7 heteroatoms. The van der Waals surface area contributed by atoms with Crippen molar-refractivity contribution < 1.29 is 24.2 Å². The van der Waals surface area contributed by atoms with Crippen LogP contribution >= 0.6 is 0 Å². The Labute approximate surface area is 145 Å². The predicted molar refractivity (Wildman–Crippen MR) is 88.6 cm³/mol. The molecule has 25 heavy (non-hydrogen) atoms. The molecule has 4 atom stereocenters. The molecule has 3 rings (SSSR count). The third-order valence-electron chi connectivity index (χ3n) is 4.75. The number of carboxylic acid groups (broad SMARTS) is 1. The van der Waals surface area contributed by atoms with Gasteiger partial charge in [0.05, 0.1) is 18.4 Å². The van der Waals surface area contributed by atoms with Gasteiger partial charge in [0, 0.05) is 5.56 Å². The summed E-state index contributed by atoms with van der Waals surface area (Å²) in [6.07, 6.45) is 4.42. The second kappa shape index (κ2) is 6.96. The molecule has 0 heterocycles. The monoisotopic (exact) mass is 344 g/mol. The quantitative estimate of drug-likeness (QED) is 0.553. The highest BCUT2D eigenvalue weighted by atomic mass is 16.5. The molecule has 3 N–H and O–H groups in total. The number of allylic oxidation sites excluding steroid dienone is 2. The van der Waals surface area contributed by atoms with Crippen molar-refractivity contribution in [2.45, 2.75) is 13.3 Å². The Balaban J connectivity index is 1.62. The Morgan fingerprint density at radius 2 is 1.88 bits per heavy atom. The number of ether oxygens (including phenoxy) is 1. The van der Waals surface area contributed by atoms with Gasteiger partial charge in [-0.05, 0) is 43.4 Å². The van der Waals surface area contributed by atoms with Gasteiger partial charge in [0.15, 0.2) is 0 Å². The molecule has 132 valence electrons. The van der Waals surface area contributed by atoms with Crippen LogP contribution in [0.25, 0.3) is 0 Å². The molecular weight excluding hydrogens is 324 g/mol. The van der Waals surface area contributed by atoms with E-state index in [0.29, 0.717) is 24.3 Å². The van der Waals surface area contributed by atoms with Gasteiger partial charge in [-0.25, -0.2) is 0 Å². The molecule has 2 amide bonds. The van der Waals surface area contributed by atoms with E-state index in [2.05, 4.69) is 10.9 Å². The Hall–Kier alpha value is -2.83. The van der Waals surface area contributed by atoms with Gasteiger partial charge in [0.1, 0.15) is 5.75 Å². The lowest BCUT2D eigenvalue weighted by Crippen LogP contribution is -2.48. The van der Waals surface area contributed by atoms with Crippen LogP contribution in [0.1, 0.15) is 23.7 Å². The van der Waals surface area contributed by atoms with E-state index in [9.17, 15) is 19.5 Å². The minimum atomic E-state index is -0.979. The normalized spacial score (nSPS) is 26.3. The zero-order valence-corrected chi connectivity index (χ0v) is 13.8. The number of aliphatic carboxylic acids is 1. The summed E-state index contributed by atoms with van der Waals surface area (Å²) in [5, 5.41) is 9.38. The molecule has 2 aliphatic carbocycles. The van der Waals surface area contributed by atoms with Gasteiger partial charge < -0.3 is 9.84 Å². The van der Waals surface area contributed by atoms with Crippen molar-refractivity contribution in [3.8, 4) is 5.75 Å². The number of hydrogen-bond donors (Lipinski definition) is 3. The molecule has 0 radical (unpaired) electrons. The summed E-state index contributed by atoms with van der Waals surface area (Å²) in [5.74, 6) is -2.99. The Bertz CT molecular complexity index is 730. The summed E-state index contributed by atoms with van der Waals surface area (Å²) in [4.78, 5) is 36.0. The lowest BCUT2D eigenvalue weighted by Gasteiger charge is -2.23. The van der Waals surface area contributed by atoms with Crippen molar-refractivity contribution in [2.24, 2.45) is 23.7 Å². The van der Waals surface area contributed by atoms with Crippen molar-refractivity contribution in [1.82, 2.24) is 10.9 Å². The average molecular weight is 344 g/mol. The van der Waals surface area contributed by atoms with Crippen LogP contribution in [0.5, 0.6) is 5.75 Å². The van der Waals surface area contributed by atoms with Crippen LogP contribution in [-0.4, -0.2) is 29.5 Å². The van der Waals surface area contributed by atoms with Crippen LogP contribution in [0.3, 0.4) is 0 Å². The third-order valence-corrected chi connectivity index (χ3v) is 4.75. The molecule has 1 aromatic carbocycles. The maximum atomic E-state index is 12.4. The van der Waals surface area contributed by atoms with Gasteiger partial charge in [-0.2, -0.15) is 0 Å². The van der Waals surface area contributed by atoms with E-state index in [1.54, 1.807) is 24.3 Å². The largest absolute Gasteiger partial charge is 0.494 e. The number of rotatable bonds is 5. The van der Waals surface area contributed by atoms with Crippen LogP contribution < -0.4 is 15.6 Å². The number of amides is 2. The Morgan fingerprint density at radius 1 is 1.16 bits per heavy atom. The van der Waals surface area contributed by atoms with Crippen molar-refractivity contribution >= 4 is 17.8 Å². The van der Waals surface area contributed by atoms with Crippen LogP contribution in [0.2, 0.25) is 0 Å². The molecule has 7 nitrogen and oxygen atoms in total. The standard InChI is InChI=1S/C18H20N2O5/c1-2-25-13-5-3-4-12(9-13)16(21)19-20-17(22)14-10-6-7-11(8-10)15(14)18(23)24/h3-7,9-11,14-15H,2,8H2,1H3,(H,19,21)(H,20,22)(H,23,24)/t10-,11-,14+,15-/m0/s1. The van der Waals surface area contributed by atoms with Crippen molar-refractivity contribution in [3.05, 3.63) is 42.0 Å². The number of carboxylic acids is 1. The number of carbonyl (C=O) groups excluding carboxylic acids is 2. The number of carbonyl (C=O) groups is 3. The van der Waals surface area contributed by atoms with Gasteiger partial charge in [0.25, 0.3) is 5.91 Å². The second-order valence-corrected chi connectivity index (χ2v) is 6.24. The summed E-state index contributed by atoms with van der Waals surface area (Å²) in [6.45, 7) is 2.33. The van der Waals surface area contributed by atoms with E-state index in [1.165, 1.54) is 0 Å². The molecule has 0 spiro atoms. The molecule has 1 aromatic rings. The van der Waals surface area contributed by atoms with Crippen LogP contribution in [0.15, 0.2) is 36.4 Å². The summed E-state index contributed by atoms with van der Waals surface area (Å²) in [6, 6.07) is 6.59. The van der Waals surface area contributed by atoms with Crippen molar-refractivity contribution in [2.75, 3.05) is 6.61 Å². The molecule has 2 aliphatic rings. The average Bonchev–Trinajstić information content (AvgIpc) is 3.21. The molecule has 0 aromatic heterocycles. The van der Waals surface area contributed by atoms with E-state index in [-0.39, 0.29) is 11.8 Å². The molecule has 0 unspecified atom stereocenters. The topological polar surface area (TPSA) is 105 Å². The first-order chi connectivity index (χ1) is 12.0. The SMILES string of the molecule is CCOc1cccc(C(=O)NNC(=O)[C@H]2[C@@H](C(=O)O)[C@H]3C=C[C@H]2C3)c1. The number of nitrogens with one attached hydrogen (secondary N) is 2. The molecule has 1 fully saturated rings. The lowest BCUT2D eigenvalue weighted by molar-refractivity contribution is -0.148. The van der Waals surface area contributed by atoms with Gasteiger partial charge in [-0.3, -0.25) is 25.2 Å².